The molecule has 0 radical (unpaired) electrons. The minimum atomic E-state index is -0.172. The van der Waals surface area contributed by atoms with Crippen LogP contribution in [0.15, 0.2) is 18.2 Å². The second kappa shape index (κ2) is 7.06. The Hall–Kier alpha value is -2.37. The maximum atomic E-state index is 10.0. The maximum Gasteiger partial charge on any atom is 0.243 e. The third-order valence-corrected chi connectivity index (χ3v) is 3.56. The number of phenolic OH excluding ortho intramolecular Hbond substituents is 1. The van der Waals surface area contributed by atoms with E-state index in [1.807, 2.05) is 20.8 Å². The molecule has 6 nitrogen and oxygen atoms in total. The normalized spacial score (nSPS) is 12.0. The van der Waals surface area contributed by atoms with Gasteiger partial charge in [0, 0.05) is 5.56 Å². The van der Waals surface area contributed by atoms with E-state index in [0.717, 1.165) is 29.8 Å². The van der Waals surface area contributed by atoms with Gasteiger partial charge in [-0.2, -0.15) is 5.10 Å². The van der Waals surface area contributed by atoms with Crippen LogP contribution in [0.4, 0.5) is 5.95 Å². The molecule has 2 rings (SSSR count). The van der Waals surface area contributed by atoms with Crippen molar-refractivity contribution >= 4 is 5.95 Å². The van der Waals surface area contributed by atoms with Gasteiger partial charge in [0.2, 0.25) is 5.95 Å². The summed E-state index contributed by atoms with van der Waals surface area (Å²) < 4.78 is 5.19. The van der Waals surface area contributed by atoms with Crippen LogP contribution in [0.25, 0.3) is 0 Å². The van der Waals surface area contributed by atoms with Crippen molar-refractivity contribution in [3.8, 4) is 11.5 Å². The Morgan fingerprint density at radius 2 is 1.91 bits per heavy atom. The Bertz CT molecular complexity index is 646. The second-order valence-electron chi connectivity index (χ2n) is 5.03. The van der Waals surface area contributed by atoms with Crippen LogP contribution in [0.2, 0.25) is 0 Å². The maximum absolute atomic E-state index is 10.0. The Kier molecular flexibility index (Phi) is 5.14. The van der Waals surface area contributed by atoms with E-state index in [2.05, 4.69) is 20.5 Å². The summed E-state index contributed by atoms with van der Waals surface area (Å²) in [6.45, 7) is 6.01. The molecule has 0 spiro atoms. The monoisotopic (exact) mass is 302 g/mol. The van der Waals surface area contributed by atoms with Crippen LogP contribution in [0.3, 0.4) is 0 Å². The summed E-state index contributed by atoms with van der Waals surface area (Å²) in [6, 6.07) is 4.95. The molecular formula is C16H22N4O2. The highest BCUT2D eigenvalue weighted by Gasteiger charge is 2.14. The molecule has 0 aliphatic rings. The Labute approximate surface area is 130 Å². The number of aromatic hydroxyl groups is 1. The zero-order chi connectivity index (χ0) is 16.1. The highest BCUT2D eigenvalue weighted by Crippen LogP contribution is 2.29. The van der Waals surface area contributed by atoms with Crippen LogP contribution in [0.5, 0.6) is 11.5 Å². The molecule has 1 atom stereocenters. The van der Waals surface area contributed by atoms with Crippen molar-refractivity contribution in [3.63, 3.8) is 0 Å². The summed E-state index contributed by atoms with van der Waals surface area (Å²) in [5, 5.41) is 21.5. The van der Waals surface area contributed by atoms with Gasteiger partial charge in [0.15, 0.2) is 0 Å². The van der Waals surface area contributed by atoms with Gasteiger partial charge in [0.1, 0.15) is 11.5 Å². The first-order valence-electron chi connectivity index (χ1n) is 7.44. The van der Waals surface area contributed by atoms with Crippen LogP contribution in [0.1, 0.15) is 43.8 Å². The van der Waals surface area contributed by atoms with Crippen molar-refractivity contribution in [3.05, 3.63) is 35.2 Å². The molecule has 0 saturated carbocycles. The summed E-state index contributed by atoms with van der Waals surface area (Å²) in [6.07, 6.45) is 1.63. The number of anilines is 1. The number of phenols is 1. The highest BCUT2D eigenvalue weighted by atomic mass is 16.5. The first-order chi connectivity index (χ1) is 10.6. The smallest absolute Gasteiger partial charge is 0.243 e. The number of benzene rings is 1. The van der Waals surface area contributed by atoms with E-state index < -0.39 is 0 Å². The standard InChI is InChI=1S/C16H22N4O2/c1-5-13-14(6-2)19-20-16(18-13)17-10(3)12-9-11(22-4)7-8-15(12)21/h7-10,21H,5-6H2,1-4H3,(H,17,18,20). The van der Waals surface area contributed by atoms with Crippen LogP contribution in [-0.4, -0.2) is 27.4 Å². The molecule has 22 heavy (non-hydrogen) atoms. The van der Waals surface area contributed by atoms with Gasteiger partial charge in [-0.1, -0.05) is 13.8 Å². The molecule has 2 N–H and O–H groups in total. The number of nitrogens with one attached hydrogen (secondary N) is 1. The van der Waals surface area contributed by atoms with Gasteiger partial charge < -0.3 is 15.2 Å². The van der Waals surface area contributed by atoms with E-state index in [9.17, 15) is 5.11 Å². The molecule has 6 heteroatoms. The molecule has 1 unspecified atom stereocenters. The van der Waals surface area contributed by atoms with Crippen molar-refractivity contribution in [2.24, 2.45) is 0 Å². The predicted molar refractivity (Wildman–Crippen MR) is 85.3 cm³/mol. The van der Waals surface area contributed by atoms with Crippen LogP contribution in [0, 0.1) is 0 Å². The van der Waals surface area contributed by atoms with Crippen molar-refractivity contribution in [2.45, 2.75) is 39.7 Å². The Balaban J connectivity index is 2.23. The van der Waals surface area contributed by atoms with E-state index in [-0.39, 0.29) is 11.8 Å². The quantitative estimate of drug-likeness (QED) is 0.854. The van der Waals surface area contributed by atoms with E-state index in [1.54, 1.807) is 25.3 Å². The first-order valence-corrected chi connectivity index (χ1v) is 7.44. The van der Waals surface area contributed by atoms with E-state index >= 15 is 0 Å². The number of ether oxygens (including phenoxy) is 1. The lowest BCUT2D eigenvalue weighted by atomic mass is 10.1. The summed E-state index contributed by atoms with van der Waals surface area (Å²) >= 11 is 0. The summed E-state index contributed by atoms with van der Waals surface area (Å²) in [7, 11) is 1.60. The van der Waals surface area contributed by atoms with Gasteiger partial charge in [0.25, 0.3) is 0 Å². The largest absolute Gasteiger partial charge is 0.508 e. The topological polar surface area (TPSA) is 80.2 Å². The molecule has 1 heterocycles. The van der Waals surface area contributed by atoms with Crippen molar-refractivity contribution < 1.29 is 9.84 Å². The lowest BCUT2D eigenvalue weighted by Crippen LogP contribution is -2.13. The van der Waals surface area contributed by atoms with Gasteiger partial charge in [-0.05, 0) is 38.0 Å². The minimum Gasteiger partial charge on any atom is -0.508 e. The summed E-state index contributed by atoms with van der Waals surface area (Å²) in [4.78, 5) is 4.50. The summed E-state index contributed by atoms with van der Waals surface area (Å²) in [5.41, 5.74) is 2.59. The van der Waals surface area contributed by atoms with E-state index in [1.165, 1.54) is 0 Å². The van der Waals surface area contributed by atoms with Crippen LogP contribution in [-0.2, 0) is 12.8 Å². The third-order valence-electron chi connectivity index (χ3n) is 3.56. The molecule has 118 valence electrons. The van der Waals surface area contributed by atoms with Crippen molar-refractivity contribution in [1.29, 1.82) is 0 Å². The van der Waals surface area contributed by atoms with Gasteiger partial charge in [-0.15, -0.1) is 5.10 Å². The number of hydrogen-bond acceptors (Lipinski definition) is 6. The van der Waals surface area contributed by atoms with Gasteiger partial charge >= 0.3 is 0 Å². The molecule has 0 saturated heterocycles. The lowest BCUT2D eigenvalue weighted by molar-refractivity contribution is 0.410. The molecular weight excluding hydrogens is 280 g/mol. The molecule has 0 amide bonds. The lowest BCUT2D eigenvalue weighted by Gasteiger charge is -2.17. The fraction of sp³-hybridized carbons (Fsp3) is 0.438. The summed E-state index contributed by atoms with van der Waals surface area (Å²) in [5.74, 6) is 1.36. The molecule has 0 bridgehead atoms. The number of aromatic nitrogens is 3. The fourth-order valence-corrected chi connectivity index (χ4v) is 2.28. The fourth-order valence-electron chi connectivity index (χ4n) is 2.28. The van der Waals surface area contributed by atoms with Crippen LogP contribution >= 0.6 is 0 Å². The third kappa shape index (κ3) is 3.44. The minimum absolute atomic E-state index is 0.172. The van der Waals surface area contributed by atoms with E-state index in [0.29, 0.717) is 11.7 Å². The Morgan fingerprint density at radius 3 is 2.55 bits per heavy atom. The molecule has 2 aromatic rings. The van der Waals surface area contributed by atoms with Gasteiger partial charge in [-0.3, -0.25) is 0 Å². The number of aryl methyl sites for hydroxylation is 2. The zero-order valence-electron chi connectivity index (χ0n) is 13.4. The predicted octanol–water partition coefficient (Wildman–Crippen LogP) is 2.88. The van der Waals surface area contributed by atoms with E-state index in [4.69, 9.17) is 4.74 Å². The second-order valence-corrected chi connectivity index (χ2v) is 5.03. The molecule has 1 aromatic carbocycles. The first kappa shape index (κ1) is 16.0. The Morgan fingerprint density at radius 1 is 1.18 bits per heavy atom. The number of methoxy groups -OCH3 is 1. The van der Waals surface area contributed by atoms with Crippen LogP contribution < -0.4 is 10.1 Å². The average Bonchev–Trinajstić information content (AvgIpc) is 2.55. The average molecular weight is 302 g/mol. The number of rotatable bonds is 6. The molecule has 0 fully saturated rings. The number of nitrogens with zero attached hydrogens (tertiary/aromatic N) is 3. The number of hydrogen-bond donors (Lipinski definition) is 2. The molecule has 1 aromatic heterocycles. The SMILES string of the molecule is CCc1nnc(NC(C)c2cc(OC)ccc2O)nc1CC. The zero-order valence-corrected chi connectivity index (χ0v) is 13.4. The molecule has 0 aliphatic heterocycles. The van der Waals surface area contributed by atoms with Gasteiger partial charge in [-0.25, -0.2) is 4.98 Å². The highest BCUT2D eigenvalue weighted by molar-refractivity contribution is 5.44. The molecule has 0 aliphatic carbocycles. The van der Waals surface area contributed by atoms with Crippen molar-refractivity contribution in [1.82, 2.24) is 15.2 Å². The van der Waals surface area contributed by atoms with Crippen molar-refractivity contribution in [2.75, 3.05) is 12.4 Å². The van der Waals surface area contributed by atoms with Gasteiger partial charge in [0.05, 0.1) is 24.5 Å².